The molecule has 8 nitrogen and oxygen atoms in total. The second kappa shape index (κ2) is 13.5. The van der Waals surface area contributed by atoms with Crippen LogP contribution in [-0.4, -0.2) is 58.2 Å². The van der Waals surface area contributed by atoms with E-state index in [1.54, 1.807) is 13.4 Å². The van der Waals surface area contributed by atoms with Gasteiger partial charge in [-0.25, -0.2) is 0 Å². The number of methoxy groups -OCH3 is 1. The Balaban J connectivity index is 0.00000341. The number of nitrogens with zero attached hydrogens (tertiary/aromatic N) is 4. The third kappa shape index (κ3) is 8.29. The number of aromatic nitrogens is 3. The Morgan fingerprint density at radius 3 is 2.65 bits per heavy atom. The average molecular weight is 542 g/mol. The van der Waals surface area contributed by atoms with Crippen molar-refractivity contribution in [2.24, 2.45) is 4.99 Å². The molecule has 0 amide bonds. The number of aryl methyl sites for hydroxylation is 1. The van der Waals surface area contributed by atoms with Crippen LogP contribution in [0.4, 0.5) is 0 Å². The van der Waals surface area contributed by atoms with Crippen molar-refractivity contribution < 1.29 is 9.84 Å². The number of nitrogens with one attached hydrogen (secondary N) is 2. The SMILES string of the molecule is CCc1nncn1CCNC(=NCCc1ccc(OC)cc1)NC1CCC(O)CC1.I. The molecule has 1 saturated carbocycles. The zero-order chi connectivity index (χ0) is 21.2. The van der Waals surface area contributed by atoms with Crippen molar-refractivity contribution in [2.45, 2.75) is 64.1 Å². The molecule has 1 aromatic heterocycles. The number of aliphatic hydroxyl groups is 1. The quantitative estimate of drug-likeness (QED) is 0.256. The average Bonchev–Trinajstić information content (AvgIpc) is 3.23. The van der Waals surface area contributed by atoms with E-state index in [0.29, 0.717) is 12.6 Å². The van der Waals surface area contributed by atoms with Gasteiger partial charge >= 0.3 is 0 Å². The molecule has 9 heteroatoms. The van der Waals surface area contributed by atoms with E-state index in [1.165, 1.54) is 5.56 Å². The highest BCUT2D eigenvalue weighted by Gasteiger charge is 2.20. The fourth-order valence-corrected chi connectivity index (χ4v) is 3.69. The van der Waals surface area contributed by atoms with Crippen molar-refractivity contribution in [3.05, 3.63) is 42.0 Å². The number of benzene rings is 1. The summed E-state index contributed by atoms with van der Waals surface area (Å²) in [6, 6.07) is 8.47. The van der Waals surface area contributed by atoms with Gasteiger partial charge in [-0.15, -0.1) is 34.2 Å². The van der Waals surface area contributed by atoms with Gasteiger partial charge in [0.2, 0.25) is 0 Å². The van der Waals surface area contributed by atoms with Crippen LogP contribution in [0.25, 0.3) is 0 Å². The molecule has 1 fully saturated rings. The number of guanidine groups is 1. The van der Waals surface area contributed by atoms with E-state index in [9.17, 15) is 5.11 Å². The lowest BCUT2D eigenvalue weighted by atomic mass is 9.93. The van der Waals surface area contributed by atoms with Gasteiger partial charge in [0.15, 0.2) is 5.96 Å². The van der Waals surface area contributed by atoms with Crippen LogP contribution in [0.15, 0.2) is 35.6 Å². The van der Waals surface area contributed by atoms with Gasteiger partial charge in [-0.1, -0.05) is 19.1 Å². The first-order valence-electron chi connectivity index (χ1n) is 10.9. The maximum atomic E-state index is 9.77. The summed E-state index contributed by atoms with van der Waals surface area (Å²) in [5, 5.41) is 24.9. The summed E-state index contributed by atoms with van der Waals surface area (Å²) >= 11 is 0. The molecule has 1 aromatic carbocycles. The summed E-state index contributed by atoms with van der Waals surface area (Å²) in [7, 11) is 1.68. The van der Waals surface area contributed by atoms with Gasteiger partial charge in [-0.2, -0.15) is 0 Å². The highest BCUT2D eigenvalue weighted by molar-refractivity contribution is 14.0. The zero-order valence-corrected chi connectivity index (χ0v) is 20.8. The molecule has 2 aromatic rings. The molecule has 0 atom stereocenters. The Labute approximate surface area is 201 Å². The fourth-order valence-electron chi connectivity index (χ4n) is 3.69. The lowest BCUT2D eigenvalue weighted by Crippen LogP contribution is -2.46. The summed E-state index contributed by atoms with van der Waals surface area (Å²) in [5.74, 6) is 2.69. The van der Waals surface area contributed by atoms with Crippen LogP contribution in [0.1, 0.15) is 44.0 Å². The molecule has 172 valence electrons. The van der Waals surface area contributed by atoms with Gasteiger partial charge in [0.05, 0.1) is 13.2 Å². The topological polar surface area (TPSA) is 96.6 Å². The monoisotopic (exact) mass is 542 g/mol. The molecular formula is C22H35IN6O2. The molecule has 0 saturated heterocycles. The third-order valence-electron chi connectivity index (χ3n) is 5.52. The molecule has 0 unspecified atom stereocenters. The predicted octanol–water partition coefficient (Wildman–Crippen LogP) is 2.55. The molecule has 1 heterocycles. The molecule has 31 heavy (non-hydrogen) atoms. The van der Waals surface area contributed by atoms with Crippen LogP contribution in [0.5, 0.6) is 5.75 Å². The van der Waals surface area contributed by atoms with Gasteiger partial charge in [-0.05, 0) is 49.8 Å². The largest absolute Gasteiger partial charge is 0.497 e. The fraction of sp³-hybridized carbons (Fsp3) is 0.591. The van der Waals surface area contributed by atoms with Gasteiger partial charge < -0.3 is 25.0 Å². The van der Waals surface area contributed by atoms with E-state index < -0.39 is 0 Å². The number of aliphatic hydroxyl groups excluding tert-OH is 1. The highest BCUT2D eigenvalue weighted by Crippen LogP contribution is 2.18. The lowest BCUT2D eigenvalue weighted by molar-refractivity contribution is 0.120. The van der Waals surface area contributed by atoms with Crippen LogP contribution >= 0.6 is 24.0 Å². The molecule has 0 spiro atoms. The number of aliphatic imine (C=N–C) groups is 1. The Morgan fingerprint density at radius 2 is 1.97 bits per heavy atom. The van der Waals surface area contributed by atoms with Gasteiger partial charge in [0.25, 0.3) is 0 Å². The van der Waals surface area contributed by atoms with Crippen LogP contribution in [0.3, 0.4) is 0 Å². The van der Waals surface area contributed by atoms with E-state index in [4.69, 9.17) is 9.73 Å². The standard InChI is InChI=1S/C22H34N6O2.HI/c1-3-21-27-25-16-28(21)15-14-24-22(26-18-6-8-19(29)9-7-18)23-13-12-17-4-10-20(30-2)11-5-17;/h4-5,10-11,16,18-19,29H,3,6-9,12-15H2,1-2H3,(H2,23,24,26);1H. The Bertz CT molecular complexity index is 788. The maximum absolute atomic E-state index is 9.77. The first-order chi connectivity index (χ1) is 14.7. The number of rotatable bonds is 9. The van der Waals surface area contributed by atoms with Gasteiger partial charge in [0.1, 0.15) is 17.9 Å². The normalized spacial score (nSPS) is 18.9. The van der Waals surface area contributed by atoms with Crippen molar-refractivity contribution in [3.8, 4) is 5.75 Å². The highest BCUT2D eigenvalue weighted by atomic mass is 127. The van der Waals surface area contributed by atoms with Crippen LogP contribution < -0.4 is 15.4 Å². The van der Waals surface area contributed by atoms with Crippen molar-refractivity contribution in [2.75, 3.05) is 20.2 Å². The second-order valence-electron chi connectivity index (χ2n) is 7.70. The molecule has 0 bridgehead atoms. The van der Waals surface area contributed by atoms with Crippen molar-refractivity contribution in [1.29, 1.82) is 0 Å². The van der Waals surface area contributed by atoms with Crippen LogP contribution in [0, 0.1) is 0 Å². The Kier molecular flexibility index (Phi) is 11.1. The number of ether oxygens (including phenoxy) is 1. The third-order valence-corrected chi connectivity index (χ3v) is 5.52. The summed E-state index contributed by atoms with van der Waals surface area (Å²) in [5.41, 5.74) is 1.23. The number of hydrogen-bond acceptors (Lipinski definition) is 5. The molecular weight excluding hydrogens is 507 g/mol. The lowest BCUT2D eigenvalue weighted by Gasteiger charge is -2.27. The molecule has 1 aliphatic carbocycles. The minimum Gasteiger partial charge on any atom is -0.497 e. The molecule has 1 aliphatic rings. The molecule has 0 radical (unpaired) electrons. The van der Waals surface area contributed by atoms with Crippen molar-refractivity contribution in [3.63, 3.8) is 0 Å². The van der Waals surface area contributed by atoms with Crippen LogP contribution in [-0.2, 0) is 19.4 Å². The van der Waals surface area contributed by atoms with E-state index in [-0.39, 0.29) is 30.1 Å². The van der Waals surface area contributed by atoms with Gasteiger partial charge in [0, 0.05) is 32.1 Å². The smallest absolute Gasteiger partial charge is 0.191 e. The molecule has 3 N–H and O–H groups in total. The molecule has 0 aliphatic heterocycles. The minimum absolute atomic E-state index is 0. The summed E-state index contributed by atoms with van der Waals surface area (Å²) in [6.45, 7) is 4.32. The van der Waals surface area contributed by atoms with E-state index in [1.807, 2.05) is 12.1 Å². The summed E-state index contributed by atoms with van der Waals surface area (Å²) < 4.78 is 7.29. The molecule has 3 rings (SSSR count). The number of hydrogen-bond donors (Lipinski definition) is 3. The Hall–Kier alpha value is -1.88. The summed E-state index contributed by atoms with van der Waals surface area (Å²) in [6.07, 6.45) is 6.97. The first kappa shape index (κ1) is 25.4. The van der Waals surface area contributed by atoms with Crippen LogP contribution in [0.2, 0.25) is 0 Å². The minimum atomic E-state index is -0.160. The van der Waals surface area contributed by atoms with E-state index >= 15 is 0 Å². The second-order valence-corrected chi connectivity index (χ2v) is 7.70. The zero-order valence-electron chi connectivity index (χ0n) is 18.5. The number of halogens is 1. The van der Waals surface area contributed by atoms with Crippen molar-refractivity contribution in [1.82, 2.24) is 25.4 Å². The predicted molar refractivity (Wildman–Crippen MR) is 133 cm³/mol. The van der Waals surface area contributed by atoms with E-state index in [0.717, 1.165) is 69.1 Å². The van der Waals surface area contributed by atoms with Crippen molar-refractivity contribution >= 4 is 29.9 Å². The summed E-state index contributed by atoms with van der Waals surface area (Å²) in [4.78, 5) is 4.80. The first-order valence-corrected chi connectivity index (χ1v) is 10.9. The Morgan fingerprint density at radius 1 is 1.23 bits per heavy atom. The van der Waals surface area contributed by atoms with E-state index in [2.05, 4.69) is 44.5 Å². The van der Waals surface area contributed by atoms with Gasteiger partial charge in [-0.3, -0.25) is 4.99 Å². The maximum Gasteiger partial charge on any atom is 0.191 e.